The van der Waals surface area contributed by atoms with Crippen molar-refractivity contribution >= 4 is 22.8 Å². The number of hydrogen-bond acceptors (Lipinski definition) is 4. The normalized spacial score (nSPS) is 12.0. The number of imidazole rings is 1. The van der Waals surface area contributed by atoms with Gasteiger partial charge in [-0.1, -0.05) is 12.1 Å². The van der Waals surface area contributed by atoms with E-state index < -0.39 is 6.04 Å². The molecule has 0 unspecified atom stereocenters. The van der Waals surface area contributed by atoms with Gasteiger partial charge in [-0.05, 0) is 31.5 Å². The lowest BCUT2D eigenvalue weighted by molar-refractivity contribution is -0.122. The SMILES string of the molecule is C[C@H](NC(=O)c1ccoc1)C(=O)NCCCn1cnc2ccccc21. The first-order valence-corrected chi connectivity index (χ1v) is 8.16. The zero-order valence-electron chi connectivity index (χ0n) is 13.9. The highest BCUT2D eigenvalue weighted by Gasteiger charge is 2.16. The lowest BCUT2D eigenvalue weighted by Gasteiger charge is -2.13. The minimum Gasteiger partial charge on any atom is -0.472 e. The minimum atomic E-state index is -0.614. The number of furan rings is 1. The zero-order valence-corrected chi connectivity index (χ0v) is 13.9. The minimum absolute atomic E-state index is 0.215. The molecular formula is C18H20N4O3. The molecule has 0 saturated heterocycles. The second kappa shape index (κ2) is 7.65. The van der Waals surface area contributed by atoms with Crippen molar-refractivity contribution < 1.29 is 14.0 Å². The molecule has 0 aliphatic heterocycles. The Kier molecular flexibility index (Phi) is 5.13. The Bertz CT molecular complexity index is 854. The summed E-state index contributed by atoms with van der Waals surface area (Å²) in [5, 5.41) is 5.47. The number of nitrogens with zero attached hydrogens (tertiary/aromatic N) is 2. The van der Waals surface area contributed by atoms with E-state index >= 15 is 0 Å². The van der Waals surface area contributed by atoms with Crippen LogP contribution in [0.1, 0.15) is 23.7 Å². The summed E-state index contributed by atoms with van der Waals surface area (Å²) in [6, 6.07) is 8.87. The average molecular weight is 340 g/mol. The molecular weight excluding hydrogens is 320 g/mol. The van der Waals surface area contributed by atoms with Crippen LogP contribution in [-0.4, -0.2) is 34.0 Å². The van der Waals surface area contributed by atoms with Gasteiger partial charge >= 0.3 is 0 Å². The lowest BCUT2D eigenvalue weighted by atomic mass is 10.2. The fourth-order valence-electron chi connectivity index (χ4n) is 2.54. The van der Waals surface area contributed by atoms with Crippen molar-refractivity contribution in [3.05, 3.63) is 54.7 Å². The number of para-hydroxylation sites is 2. The van der Waals surface area contributed by atoms with E-state index in [9.17, 15) is 9.59 Å². The summed E-state index contributed by atoms with van der Waals surface area (Å²) >= 11 is 0. The summed E-state index contributed by atoms with van der Waals surface area (Å²) in [7, 11) is 0. The number of carbonyl (C=O) groups is 2. The predicted octanol–water partition coefficient (Wildman–Crippen LogP) is 1.95. The largest absolute Gasteiger partial charge is 0.472 e. The maximum absolute atomic E-state index is 12.1. The quantitative estimate of drug-likeness (QED) is 0.644. The Morgan fingerprint density at radius 1 is 1.28 bits per heavy atom. The number of carbonyl (C=O) groups excluding carboxylic acids is 2. The molecule has 0 saturated carbocycles. The molecule has 2 amide bonds. The van der Waals surface area contributed by atoms with E-state index in [-0.39, 0.29) is 11.8 Å². The third kappa shape index (κ3) is 4.06. The van der Waals surface area contributed by atoms with Gasteiger partial charge in [0.05, 0.1) is 29.2 Å². The van der Waals surface area contributed by atoms with Gasteiger partial charge in [0.15, 0.2) is 0 Å². The maximum Gasteiger partial charge on any atom is 0.255 e. The van der Waals surface area contributed by atoms with E-state index in [1.165, 1.54) is 12.5 Å². The average Bonchev–Trinajstić information content (AvgIpc) is 3.28. The molecule has 0 aliphatic carbocycles. The van der Waals surface area contributed by atoms with E-state index in [0.717, 1.165) is 24.0 Å². The number of benzene rings is 1. The lowest BCUT2D eigenvalue weighted by Crippen LogP contribution is -2.45. The van der Waals surface area contributed by atoms with Crippen molar-refractivity contribution in [3.8, 4) is 0 Å². The molecule has 2 heterocycles. The van der Waals surface area contributed by atoms with Gasteiger partial charge < -0.3 is 19.6 Å². The van der Waals surface area contributed by atoms with E-state index in [1.54, 1.807) is 19.3 Å². The standard InChI is InChI=1S/C18H20N4O3/c1-13(21-18(24)14-7-10-25-11-14)17(23)19-8-4-9-22-12-20-15-5-2-3-6-16(15)22/h2-3,5-7,10-13H,4,8-9H2,1H3,(H,19,23)(H,21,24)/t13-/m0/s1. The van der Waals surface area contributed by atoms with Crippen LogP contribution in [0.25, 0.3) is 11.0 Å². The summed E-state index contributed by atoms with van der Waals surface area (Å²) in [6.07, 6.45) is 5.34. The Balaban J connectivity index is 1.42. The molecule has 0 fully saturated rings. The van der Waals surface area contributed by atoms with Crippen molar-refractivity contribution in [2.45, 2.75) is 25.9 Å². The maximum atomic E-state index is 12.1. The first-order chi connectivity index (χ1) is 12.1. The third-order valence-electron chi connectivity index (χ3n) is 3.93. The van der Waals surface area contributed by atoms with E-state index in [1.807, 2.05) is 24.3 Å². The molecule has 25 heavy (non-hydrogen) atoms. The van der Waals surface area contributed by atoms with Crippen LogP contribution in [0.15, 0.2) is 53.6 Å². The number of aromatic nitrogens is 2. The molecule has 3 rings (SSSR count). The number of hydrogen-bond donors (Lipinski definition) is 2. The zero-order chi connectivity index (χ0) is 17.6. The van der Waals surface area contributed by atoms with Crippen LogP contribution in [0.5, 0.6) is 0 Å². The number of rotatable bonds is 7. The van der Waals surface area contributed by atoms with Gasteiger partial charge in [-0.15, -0.1) is 0 Å². The molecule has 7 nitrogen and oxygen atoms in total. The van der Waals surface area contributed by atoms with Crippen molar-refractivity contribution in [1.29, 1.82) is 0 Å². The predicted molar refractivity (Wildman–Crippen MR) is 93.0 cm³/mol. The molecule has 3 aromatic rings. The molecule has 1 atom stereocenters. The number of aryl methyl sites for hydroxylation is 1. The first-order valence-electron chi connectivity index (χ1n) is 8.16. The van der Waals surface area contributed by atoms with Crippen molar-refractivity contribution in [1.82, 2.24) is 20.2 Å². The molecule has 2 N–H and O–H groups in total. The van der Waals surface area contributed by atoms with Gasteiger partial charge in [0.1, 0.15) is 12.3 Å². The second-order valence-corrected chi connectivity index (χ2v) is 5.78. The fraction of sp³-hybridized carbons (Fsp3) is 0.278. The molecule has 7 heteroatoms. The Labute approximate surface area is 145 Å². The molecule has 0 radical (unpaired) electrons. The molecule has 130 valence electrons. The molecule has 0 aliphatic rings. The number of fused-ring (bicyclic) bond motifs is 1. The third-order valence-corrected chi connectivity index (χ3v) is 3.93. The Morgan fingerprint density at radius 3 is 2.92 bits per heavy atom. The van der Waals surface area contributed by atoms with Gasteiger partial charge in [-0.2, -0.15) is 0 Å². The summed E-state index contributed by atoms with van der Waals surface area (Å²) in [5.74, 6) is -0.548. The molecule has 0 bridgehead atoms. The summed E-state index contributed by atoms with van der Waals surface area (Å²) in [5.41, 5.74) is 2.43. The van der Waals surface area contributed by atoms with Crippen molar-refractivity contribution in [2.24, 2.45) is 0 Å². The first kappa shape index (κ1) is 16.8. The number of nitrogens with one attached hydrogen (secondary N) is 2. The van der Waals surface area contributed by atoms with Crippen LogP contribution in [0, 0.1) is 0 Å². The van der Waals surface area contributed by atoms with Gasteiger partial charge in [0.2, 0.25) is 5.91 Å². The van der Waals surface area contributed by atoms with E-state index in [4.69, 9.17) is 4.42 Å². The van der Waals surface area contributed by atoms with Gasteiger partial charge in [0, 0.05) is 13.1 Å². The van der Waals surface area contributed by atoms with Crippen molar-refractivity contribution in [2.75, 3.05) is 6.54 Å². The topological polar surface area (TPSA) is 89.2 Å². The van der Waals surface area contributed by atoms with Crippen LogP contribution in [-0.2, 0) is 11.3 Å². The highest BCUT2D eigenvalue weighted by Crippen LogP contribution is 2.11. The number of amides is 2. The van der Waals surface area contributed by atoms with Gasteiger partial charge in [0.25, 0.3) is 5.91 Å². The van der Waals surface area contributed by atoms with E-state index in [2.05, 4.69) is 20.2 Å². The molecule has 0 spiro atoms. The fourth-order valence-corrected chi connectivity index (χ4v) is 2.54. The monoisotopic (exact) mass is 340 g/mol. The van der Waals surface area contributed by atoms with Gasteiger partial charge in [-0.25, -0.2) is 4.98 Å². The molecule has 1 aromatic carbocycles. The summed E-state index contributed by atoms with van der Waals surface area (Å²) in [4.78, 5) is 28.3. The van der Waals surface area contributed by atoms with Crippen LogP contribution >= 0.6 is 0 Å². The Hall–Kier alpha value is -3.09. The highest BCUT2D eigenvalue weighted by molar-refractivity contribution is 5.97. The van der Waals surface area contributed by atoms with Crippen LogP contribution in [0.4, 0.5) is 0 Å². The summed E-state index contributed by atoms with van der Waals surface area (Å²) in [6.45, 7) is 2.94. The van der Waals surface area contributed by atoms with E-state index in [0.29, 0.717) is 12.1 Å². The van der Waals surface area contributed by atoms with Crippen molar-refractivity contribution in [3.63, 3.8) is 0 Å². The van der Waals surface area contributed by atoms with Crippen LogP contribution < -0.4 is 10.6 Å². The van der Waals surface area contributed by atoms with Crippen LogP contribution in [0.2, 0.25) is 0 Å². The van der Waals surface area contributed by atoms with Crippen LogP contribution in [0.3, 0.4) is 0 Å². The second-order valence-electron chi connectivity index (χ2n) is 5.78. The Morgan fingerprint density at radius 2 is 2.12 bits per heavy atom. The molecule has 2 aromatic heterocycles. The smallest absolute Gasteiger partial charge is 0.255 e. The summed E-state index contributed by atoms with van der Waals surface area (Å²) < 4.78 is 6.92. The highest BCUT2D eigenvalue weighted by atomic mass is 16.3. The van der Waals surface area contributed by atoms with Gasteiger partial charge in [-0.3, -0.25) is 9.59 Å².